The molecule has 0 aliphatic carbocycles. The van der Waals surface area contributed by atoms with Gasteiger partial charge in [-0.1, -0.05) is 12.1 Å². The van der Waals surface area contributed by atoms with Crippen LogP contribution in [0.2, 0.25) is 0 Å². The summed E-state index contributed by atoms with van der Waals surface area (Å²) in [5, 5.41) is 1.85. The number of amides is 2. The summed E-state index contributed by atoms with van der Waals surface area (Å²) in [5.74, 6) is 1.11. The largest absolute Gasteiger partial charge is 0.493 e. The van der Waals surface area contributed by atoms with Crippen LogP contribution >= 0.6 is 11.3 Å². The van der Waals surface area contributed by atoms with E-state index in [1.807, 2.05) is 29.6 Å². The minimum absolute atomic E-state index is 0.0547. The van der Waals surface area contributed by atoms with Crippen LogP contribution in [-0.2, 0) is 11.2 Å². The highest BCUT2D eigenvalue weighted by molar-refractivity contribution is 7.12. The fraction of sp³-hybridized carbons (Fsp3) is 0.368. The van der Waals surface area contributed by atoms with Crippen molar-refractivity contribution in [1.29, 1.82) is 0 Å². The lowest BCUT2D eigenvalue weighted by atomic mass is 10.1. The molecule has 0 radical (unpaired) electrons. The Bertz CT molecular complexity index is 746. The highest BCUT2D eigenvalue weighted by Gasteiger charge is 2.18. The monoisotopic (exact) mass is 376 g/mol. The Balaban J connectivity index is 1.88. The van der Waals surface area contributed by atoms with Crippen molar-refractivity contribution in [2.75, 3.05) is 41.4 Å². The van der Waals surface area contributed by atoms with Gasteiger partial charge >= 0.3 is 0 Å². The number of thiophene rings is 1. The highest BCUT2D eigenvalue weighted by Crippen LogP contribution is 2.27. The van der Waals surface area contributed by atoms with Crippen molar-refractivity contribution in [3.8, 4) is 11.5 Å². The van der Waals surface area contributed by atoms with Gasteiger partial charge in [0.2, 0.25) is 5.91 Å². The molecule has 1 aromatic heterocycles. The van der Waals surface area contributed by atoms with Crippen LogP contribution in [0.25, 0.3) is 0 Å². The standard InChI is InChI=1S/C19H24N2O4S/c1-20(10-9-14-7-8-15(24-3)16(12-14)25-4)18(22)13-21(2)19(23)17-6-5-11-26-17/h5-8,11-12H,9-10,13H2,1-4H3. The van der Waals surface area contributed by atoms with Crippen LogP contribution < -0.4 is 9.47 Å². The van der Waals surface area contributed by atoms with Gasteiger partial charge in [0, 0.05) is 20.6 Å². The third-order valence-electron chi connectivity index (χ3n) is 4.06. The molecule has 0 atom stereocenters. The van der Waals surface area contributed by atoms with Gasteiger partial charge in [0.1, 0.15) is 0 Å². The fourth-order valence-electron chi connectivity index (χ4n) is 2.44. The number of hydrogen-bond acceptors (Lipinski definition) is 5. The average Bonchev–Trinajstić information content (AvgIpc) is 3.19. The van der Waals surface area contributed by atoms with E-state index in [1.165, 1.54) is 16.2 Å². The Hall–Kier alpha value is -2.54. The molecule has 1 aromatic carbocycles. The molecule has 6 nitrogen and oxygen atoms in total. The maximum Gasteiger partial charge on any atom is 0.264 e. The SMILES string of the molecule is COc1ccc(CCN(C)C(=O)CN(C)C(=O)c2cccs2)cc1OC. The summed E-state index contributed by atoms with van der Waals surface area (Å²) in [5.41, 5.74) is 1.05. The number of nitrogens with zero attached hydrogens (tertiary/aromatic N) is 2. The molecule has 0 N–H and O–H groups in total. The first kappa shape index (κ1) is 19.8. The summed E-state index contributed by atoms with van der Waals surface area (Å²) in [4.78, 5) is 28.3. The lowest BCUT2D eigenvalue weighted by Crippen LogP contribution is -2.39. The van der Waals surface area contributed by atoms with Crippen LogP contribution in [-0.4, -0.2) is 63.0 Å². The van der Waals surface area contributed by atoms with Gasteiger partial charge in [-0.2, -0.15) is 0 Å². The van der Waals surface area contributed by atoms with E-state index < -0.39 is 0 Å². The van der Waals surface area contributed by atoms with Crippen molar-refractivity contribution >= 4 is 23.2 Å². The Morgan fingerprint density at radius 2 is 1.77 bits per heavy atom. The van der Waals surface area contributed by atoms with Crippen LogP contribution in [0.15, 0.2) is 35.7 Å². The molecule has 26 heavy (non-hydrogen) atoms. The second-order valence-corrected chi connectivity index (χ2v) is 6.84. The van der Waals surface area contributed by atoms with E-state index in [0.717, 1.165) is 5.56 Å². The average molecular weight is 376 g/mol. The van der Waals surface area contributed by atoms with E-state index in [1.54, 1.807) is 39.3 Å². The van der Waals surface area contributed by atoms with Gasteiger partial charge in [0.15, 0.2) is 11.5 Å². The van der Waals surface area contributed by atoms with E-state index in [2.05, 4.69) is 0 Å². The summed E-state index contributed by atoms with van der Waals surface area (Å²) in [6.07, 6.45) is 0.686. The number of ether oxygens (including phenoxy) is 2. The molecular formula is C19H24N2O4S. The Morgan fingerprint density at radius 3 is 2.38 bits per heavy atom. The quantitative estimate of drug-likeness (QED) is 0.710. The number of rotatable bonds is 8. The molecule has 0 saturated heterocycles. The number of benzene rings is 1. The fourth-order valence-corrected chi connectivity index (χ4v) is 3.16. The molecule has 1 heterocycles. The lowest BCUT2D eigenvalue weighted by Gasteiger charge is -2.22. The summed E-state index contributed by atoms with van der Waals surface area (Å²) >= 11 is 1.37. The molecule has 0 aliphatic heterocycles. The molecular weight excluding hydrogens is 352 g/mol. The van der Waals surface area contributed by atoms with Gasteiger partial charge < -0.3 is 19.3 Å². The molecule has 2 rings (SSSR count). The highest BCUT2D eigenvalue weighted by atomic mass is 32.1. The zero-order valence-corrected chi connectivity index (χ0v) is 16.3. The molecule has 0 unspecified atom stereocenters. The van der Waals surface area contributed by atoms with Crippen molar-refractivity contribution in [1.82, 2.24) is 9.80 Å². The molecule has 0 fully saturated rings. The Kier molecular flexibility index (Phi) is 7.03. The second kappa shape index (κ2) is 9.24. The van der Waals surface area contributed by atoms with Crippen molar-refractivity contribution in [3.63, 3.8) is 0 Å². The van der Waals surface area contributed by atoms with Crippen molar-refractivity contribution in [3.05, 3.63) is 46.2 Å². The van der Waals surface area contributed by atoms with E-state index in [4.69, 9.17) is 9.47 Å². The van der Waals surface area contributed by atoms with E-state index in [-0.39, 0.29) is 18.4 Å². The normalized spacial score (nSPS) is 10.3. The third kappa shape index (κ3) is 4.98. The molecule has 0 saturated carbocycles. The molecule has 0 spiro atoms. The van der Waals surface area contributed by atoms with E-state index >= 15 is 0 Å². The topological polar surface area (TPSA) is 59.1 Å². The number of carbonyl (C=O) groups excluding carboxylic acids is 2. The third-order valence-corrected chi connectivity index (χ3v) is 4.92. The second-order valence-electron chi connectivity index (χ2n) is 5.89. The number of methoxy groups -OCH3 is 2. The van der Waals surface area contributed by atoms with Crippen molar-refractivity contribution < 1.29 is 19.1 Å². The van der Waals surface area contributed by atoms with Crippen molar-refractivity contribution in [2.45, 2.75) is 6.42 Å². The molecule has 0 bridgehead atoms. The van der Waals surface area contributed by atoms with Gasteiger partial charge in [0.05, 0.1) is 25.6 Å². The Labute approximate surface area is 157 Å². The van der Waals surface area contributed by atoms with E-state index in [0.29, 0.717) is 29.3 Å². The van der Waals surface area contributed by atoms with Crippen LogP contribution in [0.5, 0.6) is 11.5 Å². The van der Waals surface area contributed by atoms with Gasteiger partial charge in [-0.25, -0.2) is 0 Å². The van der Waals surface area contributed by atoms with Crippen LogP contribution in [0.3, 0.4) is 0 Å². The first-order valence-electron chi connectivity index (χ1n) is 8.20. The zero-order chi connectivity index (χ0) is 19.1. The minimum atomic E-state index is -0.137. The molecule has 140 valence electrons. The first-order chi connectivity index (χ1) is 12.5. The summed E-state index contributed by atoms with van der Waals surface area (Å²) in [6.45, 7) is 0.606. The smallest absolute Gasteiger partial charge is 0.264 e. The van der Waals surface area contributed by atoms with Gasteiger partial charge in [0.25, 0.3) is 5.91 Å². The number of hydrogen-bond donors (Lipinski definition) is 0. The van der Waals surface area contributed by atoms with Gasteiger partial charge in [-0.05, 0) is 35.6 Å². The predicted molar refractivity (Wildman–Crippen MR) is 102 cm³/mol. The number of carbonyl (C=O) groups is 2. The van der Waals surface area contributed by atoms with Crippen LogP contribution in [0.4, 0.5) is 0 Å². The predicted octanol–water partition coefficient (Wildman–Crippen LogP) is 2.54. The lowest BCUT2D eigenvalue weighted by molar-refractivity contribution is -0.130. The maximum absolute atomic E-state index is 12.4. The number of likely N-dealkylation sites (N-methyl/N-ethyl adjacent to an activating group) is 2. The maximum atomic E-state index is 12.4. The first-order valence-corrected chi connectivity index (χ1v) is 9.08. The Morgan fingerprint density at radius 1 is 1.04 bits per heavy atom. The molecule has 0 aliphatic rings. The molecule has 2 aromatic rings. The summed E-state index contributed by atoms with van der Waals surface area (Å²) in [6, 6.07) is 9.29. The van der Waals surface area contributed by atoms with Gasteiger partial charge in [-0.3, -0.25) is 9.59 Å². The molecule has 2 amide bonds. The van der Waals surface area contributed by atoms with E-state index in [9.17, 15) is 9.59 Å². The van der Waals surface area contributed by atoms with Gasteiger partial charge in [-0.15, -0.1) is 11.3 Å². The summed E-state index contributed by atoms with van der Waals surface area (Å²) in [7, 11) is 6.57. The zero-order valence-electron chi connectivity index (χ0n) is 15.5. The molecule has 7 heteroatoms. The summed E-state index contributed by atoms with van der Waals surface area (Å²) < 4.78 is 10.5. The minimum Gasteiger partial charge on any atom is -0.493 e. The van der Waals surface area contributed by atoms with Crippen molar-refractivity contribution in [2.24, 2.45) is 0 Å². The van der Waals surface area contributed by atoms with Crippen LogP contribution in [0.1, 0.15) is 15.2 Å². The van der Waals surface area contributed by atoms with Crippen LogP contribution in [0, 0.1) is 0 Å².